The number of carbonyl (C=O) groups excluding carboxylic acids is 1. The second-order valence-electron chi connectivity index (χ2n) is 5.14. The minimum absolute atomic E-state index is 0.0648. The first-order valence-corrected chi connectivity index (χ1v) is 6.52. The van der Waals surface area contributed by atoms with Gasteiger partial charge < -0.3 is 10.5 Å². The maximum Gasteiger partial charge on any atom is 0.167 e. The lowest BCUT2D eigenvalue weighted by molar-refractivity contribution is 0.0854. The second-order valence-corrected chi connectivity index (χ2v) is 5.14. The highest BCUT2D eigenvalue weighted by Crippen LogP contribution is 2.35. The van der Waals surface area contributed by atoms with E-state index in [9.17, 15) is 4.79 Å². The molecule has 1 aliphatic carbocycles. The number of hydrogen-bond acceptors (Lipinski definition) is 3. The van der Waals surface area contributed by atoms with Crippen LogP contribution < -0.4 is 5.73 Å². The van der Waals surface area contributed by atoms with E-state index in [-0.39, 0.29) is 17.7 Å². The Balaban J connectivity index is 2.20. The lowest BCUT2D eigenvalue weighted by Crippen LogP contribution is -2.40. The summed E-state index contributed by atoms with van der Waals surface area (Å²) >= 11 is 0. The summed E-state index contributed by atoms with van der Waals surface area (Å²) in [5.41, 5.74) is 8.16. The van der Waals surface area contributed by atoms with Crippen LogP contribution in [-0.2, 0) is 4.74 Å². The zero-order chi connectivity index (χ0) is 13.1. The van der Waals surface area contributed by atoms with Gasteiger partial charge in [0.2, 0.25) is 0 Å². The third-order valence-corrected chi connectivity index (χ3v) is 3.87. The second kappa shape index (κ2) is 5.63. The molecule has 0 saturated heterocycles. The molecule has 0 bridgehead atoms. The Morgan fingerprint density at radius 1 is 1.44 bits per heavy atom. The molecule has 98 valence electrons. The standard InChI is InChI=1S/C15H21NO2/c1-10-9-13(14(16)7-8-18-2)15(17)12-6-4-3-5-11(10)12/h3-6,10,13-14H,7-9,16H2,1-2H3. The fraction of sp³-hybridized carbons (Fsp3) is 0.533. The van der Waals surface area contributed by atoms with Crippen molar-refractivity contribution in [2.45, 2.75) is 31.7 Å². The van der Waals surface area contributed by atoms with Crippen LogP contribution in [-0.4, -0.2) is 25.5 Å². The van der Waals surface area contributed by atoms with Crippen LogP contribution in [0.2, 0.25) is 0 Å². The van der Waals surface area contributed by atoms with E-state index < -0.39 is 0 Å². The van der Waals surface area contributed by atoms with E-state index >= 15 is 0 Å². The summed E-state index contributed by atoms with van der Waals surface area (Å²) in [7, 11) is 1.66. The van der Waals surface area contributed by atoms with E-state index in [0.717, 1.165) is 24.0 Å². The Morgan fingerprint density at radius 2 is 2.17 bits per heavy atom. The maximum absolute atomic E-state index is 12.4. The largest absolute Gasteiger partial charge is 0.385 e. The molecule has 3 nitrogen and oxygen atoms in total. The molecule has 0 amide bonds. The molecule has 2 rings (SSSR count). The van der Waals surface area contributed by atoms with Gasteiger partial charge in [-0.05, 0) is 24.3 Å². The molecule has 1 aromatic carbocycles. The summed E-state index contributed by atoms with van der Waals surface area (Å²) < 4.78 is 5.04. The molecule has 3 atom stereocenters. The molecule has 3 unspecified atom stereocenters. The van der Waals surface area contributed by atoms with Crippen LogP contribution in [0.4, 0.5) is 0 Å². The number of benzene rings is 1. The van der Waals surface area contributed by atoms with Crippen molar-refractivity contribution in [3.8, 4) is 0 Å². The SMILES string of the molecule is COCCC(N)C1CC(C)c2ccccc2C1=O. The molecule has 0 spiro atoms. The van der Waals surface area contributed by atoms with Crippen LogP contribution in [0.15, 0.2) is 24.3 Å². The van der Waals surface area contributed by atoms with Crippen molar-refractivity contribution in [3.05, 3.63) is 35.4 Å². The normalized spacial score (nSPS) is 24.7. The van der Waals surface area contributed by atoms with Gasteiger partial charge in [-0.1, -0.05) is 31.2 Å². The van der Waals surface area contributed by atoms with E-state index in [2.05, 4.69) is 13.0 Å². The van der Waals surface area contributed by atoms with E-state index in [1.54, 1.807) is 7.11 Å². The molecule has 1 aliphatic rings. The Labute approximate surface area is 108 Å². The van der Waals surface area contributed by atoms with Crippen molar-refractivity contribution >= 4 is 5.78 Å². The minimum Gasteiger partial charge on any atom is -0.385 e. The van der Waals surface area contributed by atoms with Gasteiger partial charge in [-0.3, -0.25) is 4.79 Å². The molecular weight excluding hydrogens is 226 g/mol. The number of ketones is 1. The van der Waals surface area contributed by atoms with Crippen molar-refractivity contribution in [2.24, 2.45) is 11.7 Å². The molecule has 1 aromatic rings. The first-order chi connectivity index (χ1) is 8.65. The fourth-order valence-corrected chi connectivity index (χ4v) is 2.79. The molecule has 0 aromatic heterocycles. The molecular formula is C15H21NO2. The predicted octanol–water partition coefficient (Wildman–Crippen LogP) is 2.36. The van der Waals surface area contributed by atoms with E-state index in [1.807, 2.05) is 18.2 Å². The third-order valence-electron chi connectivity index (χ3n) is 3.87. The fourth-order valence-electron chi connectivity index (χ4n) is 2.79. The number of fused-ring (bicyclic) bond motifs is 1. The summed E-state index contributed by atoms with van der Waals surface area (Å²) in [4.78, 5) is 12.4. The summed E-state index contributed by atoms with van der Waals surface area (Å²) in [6, 6.07) is 7.78. The van der Waals surface area contributed by atoms with E-state index in [4.69, 9.17) is 10.5 Å². The molecule has 0 aliphatic heterocycles. The zero-order valence-corrected chi connectivity index (χ0v) is 11.1. The van der Waals surface area contributed by atoms with Crippen molar-refractivity contribution in [1.29, 1.82) is 0 Å². The van der Waals surface area contributed by atoms with Gasteiger partial charge in [0.25, 0.3) is 0 Å². The van der Waals surface area contributed by atoms with E-state index in [0.29, 0.717) is 12.5 Å². The Hall–Kier alpha value is -1.19. The first kappa shape index (κ1) is 13.2. The van der Waals surface area contributed by atoms with Gasteiger partial charge in [0.1, 0.15) is 0 Å². The van der Waals surface area contributed by atoms with Gasteiger partial charge in [-0.25, -0.2) is 0 Å². The van der Waals surface area contributed by atoms with Crippen LogP contribution in [0, 0.1) is 5.92 Å². The number of rotatable bonds is 4. The van der Waals surface area contributed by atoms with Crippen molar-refractivity contribution in [2.75, 3.05) is 13.7 Å². The van der Waals surface area contributed by atoms with Gasteiger partial charge >= 0.3 is 0 Å². The molecule has 0 fully saturated rings. The summed E-state index contributed by atoms with van der Waals surface area (Å²) in [5, 5.41) is 0. The number of ether oxygens (including phenoxy) is 1. The van der Waals surface area contributed by atoms with E-state index in [1.165, 1.54) is 0 Å². The summed E-state index contributed by atoms with van der Waals surface area (Å²) in [6.45, 7) is 2.78. The molecule has 0 saturated carbocycles. The highest BCUT2D eigenvalue weighted by atomic mass is 16.5. The zero-order valence-electron chi connectivity index (χ0n) is 11.1. The number of hydrogen-bond donors (Lipinski definition) is 1. The van der Waals surface area contributed by atoms with Crippen LogP contribution >= 0.6 is 0 Å². The highest BCUT2D eigenvalue weighted by Gasteiger charge is 2.34. The average molecular weight is 247 g/mol. The number of nitrogens with two attached hydrogens (primary N) is 1. The Morgan fingerprint density at radius 3 is 2.89 bits per heavy atom. The number of carbonyl (C=O) groups is 1. The predicted molar refractivity (Wildman–Crippen MR) is 71.8 cm³/mol. The smallest absolute Gasteiger partial charge is 0.167 e. The van der Waals surface area contributed by atoms with Crippen molar-refractivity contribution in [1.82, 2.24) is 0 Å². The van der Waals surface area contributed by atoms with Crippen LogP contribution in [0.5, 0.6) is 0 Å². The highest BCUT2D eigenvalue weighted by molar-refractivity contribution is 6.00. The molecule has 2 N–H and O–H groups in total. The monoisotopic (exact) mass is 247 g/mol. The molecule has 18 heavy (non-hydrogen) atoms. The van der Waals surface area contributed by atoms with Gasteiger partial charge in [0.15, 0.2) is 5.78 Å². The number of methoxy groups -OCH3 is 1. The molecule has 0 heterocycles. The average Bonchev–Trinajstić information content (AvgIpc) is 2.40. The topological polar surface area (TPSA) is 52.3 Å². The van der Waals surface area contributed by atoms with Crippen LogP contribution in [0.3, 0.4) is 0 Å². The quantitative estimate of drug-likeness (QED) is 0.888. The van der Waals surface area contributed by atoms with Crippen molar-refractivity contribution in [3.63, 3.8) is 0 Å². The molecule has 0 radical (unpaired) electrons. The summed E-state index contributed by atoms with van der Waals surface area (Å²) in [5.74, 6) is 0.537. The van der Waals surface area contributed by atoms with Gasteiger partial charge in [0.05, 0.1) is 0 Å². The third kappa shape index (κ3) is 2.47. The Kier molecular flexibility index (Phi) is 4.15. The van der Waals surface area contributed by atoms with Crippen molar-refractivity contribution < 1.29 is 9.53 Å². The molecule has 3 heteroatoms. The maximum atomic E-state index is 12.4. The lowest BCUT2D eigenvalue weighted by Gasteiger charge is -2.31. The minimum atomic E-state index is -0.103. The Bertz CT molecular complexity index is 430. The van der Waals surface area contributed by atoms with Crippen LogP contribution in [0.1, 0.15) is 41.6 Å². The summed E-state index contributed by atoms with van der Waals surface area (Å²) in [6.07, 6.45) is 1.59. The first-order valence-electron chi connectivity index (χ1n) is 6.52. The van der Waals surface area contributed by atoms with Crippen LogP contribution in [0.25, 0.3) is 0 Å². The van der Waals surface area contributed by atoms with Gasteiger partial charge in [-0.15, -0.1) is 0 Å². The van der Waals surface area contributed by atoms with Gasteiger partial charge in [-0.2, -0.15) is 0 Å². The lowest BCUT2D eigenvalue weighted by atomic mass is 9.73. The van der Waals surface area contributed by atoms with Gasteiger partial charge in [0, 0.05) is 31.2 Å². The number of Topliss-reactive ketones (excluding diaryl/α,β-unsaturated/α-hetero) is 1.